The van der Waals surface area contributed by atoms with Crippen molar-refractivity contribution in [2.75, 3.05) is 18.4 Å². The fourth-order valence-corrected chi connectivity index (χ4v) is 5.87. The summed E-state index contributed by atoms with van der Waals surface area (Å²) in [5.41, 5.74) is 1.64. The molecule has 3 aromatic heterocycles. The molecule has 1 saturated heterocycles. The Morgan fingerprint density at radius 3 is 2.43 bits per heavy atom. The topological polar surface area (TPSA) is 109 Å². The van der Waals surface area contributed by atoms with Gasteiger partial charge in [0, 0.05) is 42.3 Å². The highest BCUT2D eigenvalue weighted by Crippen LogP contribution is 2.31. The van der Waals surface area contributed by atoms with Crippen molar-refractivity contribution in [2.24, 2.45) is 5.92 Å². The molecule has 9 nitrogen and oxygen atoms in total. The smallest absolute Gasteiger partial charge is 0.410 e. The molecule has 2 unspecified atom stereocenters. The molecule has 4 heterocycles. The van der Waals surface area contributed by atoms with Gasteiger partial charge in [0.25, 0.3) is 5.91 Å². The van der Waals surface area contributed by atoms with Crippen LogP contribution < -0.4 is 10.0 Å². The number of rotatable bonds is 9. The van der Waals surface area contributed by atoms with Crippen LogP contribution in [-0.2, 0) is 15.6 Å². The minimum atomic E-state index is -0.803. The van der Waals surface area contributed by atoms with Crippen LogP contribution in [-0.4, -0.2) is 50.5 Å². The van der Waals surface area contributed by atoms with Crippen LogP contribution in [0.15, 0.2) is 53.7 Å². The minimum absolute atomic E-state index is 0.0450. The lowest BCUT2D eigenvalue weighted by Gasteiger charge is -2.25. The van der Waals surface area contributed by atoms with Crippen molar-refractivity contribution in [1.82, 2.24) is 24.6 Å². The number of hydrogen-bond acceptors (Lipinski definition) is 8. The molecule has 2 N–H and O–H groups in total. The average molecular weight is 665 g/mol. The van der Waals surface area contributed by atoms with Crippen LogP contribution >= 0.6 is 11.9 Å². The molecule has 0 bridgehead atoms. The average Bonchev–Trinajstić information content (AvgIpc) is 3.46. The third-order valence-corrected chi connectivity index (χ3v) is 8.68. The summed E-state index contributed by atoms with van der Waals surface area (Å²) in [5, 5.41) is 4.12. The van der Waals surface area contributed by atoms with E-state index in [1.807, 2.05) is 65.9 Å². The van der Waals surface area contributed by atoms with Gasteiger partial charge >= 0.3 is 6.09 Å². The predicted molar refractivity (Wildman–Crippen MR) is 185 cm³/mol. The molecule has 0 aromatic carbocycles. The van der Waals surface area contributed by atoms with E-state index in [1.54, 1.807) is 17.0 Å². The number of ether oxygens (including phenoxy) is 1. The molecule has 0 spiro atoms. The van der Waals surface area contributed by atoms with Crippen molar-refractivity contribution >= 4 is 29.8 Å². The van der Waals surface area contributed by atoms with Crippen LogP contribution in [0.25, 0.3) is 0 Å². The van der Waals surface area contributed by atoms with E-state index < -0.39 is 17.5 Å². The number of amides is 2. The molecular weight excluding hydrogens is 616 g/mol. The highest BCUT2D eigenvalue weighted by atomic mass is 32.2. The number of pyridine rings is 3. The molecule has 11 heteroatoms. The van der Waals surface area contributed by atoms with Gasteiger partial charge in [0.05, 0.1) is 17.3 Å². The van der Waals surface area contributed by atoms with Gasteiger partial charge in [-0.3, -0.25) is 14.5 Å². The first-order valence-electron chi connectivity index (χ1n) is 16.2. The van der Waals surface area contributed by atoms with E-state index in [9.17, 15) is 14.0 Å². The van der Waals surface area contributed by atoms with Gasteiger partial charge < -0.3 is 15.0 Å². The Labute approximate surface area is 283 Å². The van der Waals surface area contributed by atoms with Gasteiger partial charge in [0.1, 0.15) is 16.4 Å². The van der Waals surface area contributed by atoms with Gasteiger partial charge in [-0.15, -0.1) is 0 Å². The van der Waals surface area contributed by atoms with Crippen LogP contribution in [0.3, 0.4) is 0 Å². The quantitative estimate of drug-likeness (QED) is 0.174. The first kappa shape index (κ1) is 36.1. The number of aromatic nitrogens is 3. The number of hydrogen-bond donors (Lipinski definition) is 2. The number of halogens is 1. The number of nitrogens with zero attached hydrogens (tertiary/aromatic N) is 4. The maximum atomic E-state index is 14.7. The predicted octanol–water partition coefficient (Wildman–Crippen LogP) is 8.23. The third-order valence-electron chi connectivity index (χ3n) is 7.96. The van der Waals surface area contributed by atoms with Crippen LogP contribution in [0.5, 0.6) is 0 Å². The summed E-state index contributed by atoms with van der Waals surface area (Å²) in [4.78, 5) is 40.7. The Morgan fingerprint density at radius 2 is 1.77 bits per heavy atom. The summed E-state index contributed by atoms with van der Waals surface area (Å²) in [6.45, 7) is 19.3. The summed E-state index contributed by atoms with van der Waals surface area (Å²) in [6, 6.07) is 12.7. The van der Waals surface area contributed by atoms with Crippen molar-refractivity contribution < 1.29 is 18.7 Å². The first-order valence-corrected chi connectivity index (χ1v) is 17.0. The standard InChI is InChI=1S/C36H49FN6O3S/c1-34(2,3)24-17-19-38-27(21-24)26(15-13-23-18-20-43(22-23)33(45)46-36(7,8)9)39-29-11-10-12-30(41-29)47-42-32(44)25-14-16-28(35(4,5)6)40-31(25)37/h10-12,14,16-17,19,21,23,26H,13,15,18,20,22H2,1-9H3,(H,39,41)(H,42,44). The van der Waals surface area contributed by atoms with E-state index in [0.29, 0.717) is 35.5 Å². The number of nitrogens with one attached hydrogen (secondary N) is 2. The first-order chi connectivity index (χ1) is 21.9. The summed E-state index contributed by atoms with van der Waals surface area (Å²) in [6.07, 6.45) is 4.17. The van der Waals surface area contributed by atoms with E-state index >= 15 is 0 Å². The molecule has 4 rings (SSSR count). The summed E-state index contributed by atoms with van der Waals surface area (Å²) in [7, 11) is 0. The summed E-state index contributed by atoms with van der Waals surface area (Å²) >= 11 is 1.02. The maximum absolute atomic E-state index is 14.7. The SMILES string of the molecule is CC(C)(C)OC(=O)N1CCC(CCC(Nc2cccc(SNC(=O)c3ccc(C(C)(C)C)nc3F)n2)c2cc(C(C)(C)C)ccn2)C1. The molecule has 254 valence electrons. The van der Waals surface area contributed by atoms with Crippen molar-refractivity contribution in [1.29, 1.82) is 0 Å². The maximum Gasteiger partial charge on any atom is 0.410 e. The van der Waals surface area contributed by atoms with Crippen LogP contribution in [0.2, 0.25) is 0 Å². The van der Waals surface area contributed by atoms with Crippen molar-refractivity contribution in [3.63, 3.8) is 0 Å². The Bertz CT molecular complexity index is 1560. The number of carbonyl (C=O) groups excluding carboxylic acids is 2. The summed E-state index contributed by atoms with van der Waals surface area (Å²) in [5.74, 6) is -0.418. The Balaban J connectivity index is 1.46. The molecular formula is C36H49FN6O3S. The third kappa shape index (κ3) is 10.4. The van der Waals surface area contributed by atoms with Crippen molar-refractivity contribution in [3.8, 4) is 0 Å². The van der Waals surface area contributed by atoms with Gasteiger partial charge in [0.15, 0.2) is 0 Å². The lowest BCUT2D eigenvalue weighted by molar-refractivity contribution is 0.0287. The molecule has 0 aliphatic carbocycles. The van der Waals surface area contributed by atoms with Crippen molar-refractivity contribution in [2.45, 2.75) is 109 Å². The van der Waals surface area contributed by atoms with Gasteiger partial charge in [0.2, 0.25) is 5.95 Å². The van der Waals surface area contributed by atoms with E-state index in [2.05, 4.69) is 41.9 Å². The molecule has 1 aliphatic heterocycles. The Morgan fingerprint density at radius 1 is 1.02 bits per heavy atom. The number of carbonyl (C=O) groups is 2. The highest BCUT2D eigenvalue weighted by Gasteiger charge is 2.30. The fourth-order valence-electron chi connectivity index (χ4n) is 5.27. The van der Waals surface area contributed by atoms with Crippen LogP contribution in [0.1, 0.15) is 115 Å². The molecule has 2 amide bonds. The fraction of sp³-hybridized carbons (Fsp3) is 0.528. The molecule has 1 fully saturated rings. The second kappa shape index (κ2) is 14.6. The number of likely N-dealkylation sites (tertiary alicyclic amines) is 1. The van der Waals surface area contributed by atoms with Crippen molar-refractivity contribution in [3.05, 3.63) is 77.1 Å². The van der Waals surface area contributed by atoms with Crippen LogP contribution in [0, 0.1) is 11.9 Å². The zero-order chi connectivity index (χ0) is 34.6. The molecule has 2 atom stereocenters. The Hall–Kier alpha value is -3.73. The molecule has 0 radical (unpaired) electrons. The zero-order valence-corrected chi connectivity index (χ0v) is 29.9. The van der Waals surface area contributed by atoms with E-state index in [-0.39, 0.29) is 28.5 Å². The van der Waals surface area contributed by atoms with Gasteiger partial charge in [-0.25, -0.2) is 14.8 Å². The minimum Gasteiger partial charge on any atom is -0.444 e. The lowest BCUT2D eigenvalue weighted by Crippen LogP contribution is -2.35. The molecule has 0 saturated carbocycles. The van der Waals surface area contributed by atoms with Gasteiger partial charge in [-0.2, -0.15) is 4.39 Å². The zero-order valence-electron chi connectivity index (χ0n) is 29.1. The van der Waals surface area contributed by atoms with Gasteiger partial charge in [-0.1, -0.05) is 47.6 Å². The molecule has 3 aromatic rings. The lowest BCUT2D eigenvalue weighted by atomic mass is 9.86. The molecule has 1 aliphatic rings. The monoisotopic (exact) mass is 664 g/mol. The molecule has 47 heavy (non-hydrogen) atoms. The second-order valence-corrected chi connectivity index (χ2v) is 16.1. The number of anilines is 1. The van der Waals surface area contributed by atoms with E-state index in [4.69, 9.17) is 14.7 Å². The van der Waals surface area contributed by atoms with Gasteiger partial charge in [-0.05, 0) is 93.3 Å². The largest absolute Gasteiger partial charge is 0.444 e. The normalized spacial score (nSPS) is 16.1. The van der Waals surface area contributed by atoms with E-state index in [0.717, 1.165) is 36.9 Å². The summed E-state index contributed by atoms with van der Waals surface area (Å²) < 4.78 is 23.0. The Kier molecular flexibility index (Phi) is 11.2. The van der Waals surface area contributed by atoms with Crippen LogP contribution in [0.4, 0.5) is 15.0 Å². The van der Waals surface area contributed by atoms with E-state index in [1.165, 1.54) is 11.6 Å². The highest BCUT2D eigenvalue weighted by molar-refractivity contribution is 7.97. The second-order valence-electron chi connectivity index (χ2n) is 15.3.